The smallest absolute Gasteiger partial charge is 0.251 e. The lowest BCUT2D eigenvalue weighted by Gasteiger charge is -2.13. The SMILES string of the molecule is CSC1(CNC(=O)c2ccc(C#CCCO)c(F)c2)CC1. The fraction of sp³-hybridized carbons (Fsp3) is 0.438. The van der Waals surface area contributed by atoms with Gasteiger partial charge in [-0.05, 0) is 37.3 Å². The summed E-state index contributed by atoms with van der Waals surface area (Å²) in [4.78, 5) is 12.0. The number of amides is 1. The van der Waals surface area contributed by atoms with Crippen LogP contribution in [-0.4, -0.2) is 35.2 Å². The second-order valence-electron chi connectivity index (χ2n) is 5.04. The van der Waals surface area contributed by atoms with Gasteiger partial charge >= 0.3 is 0 Å². The standard InChI is InChI=1S/C16H18FNO2S/c1-21-16(7-8-16)11-18-15(20)13-6-5-12(14(17)10-13)4-2-3-9-19/h5-6,10,19H,3,7-9,11H2,1H3,(H,18,20). The van der Waals surface area contributed by atoms with Gasteiger partial charge in [0.05, 0.1) is 12.2 Å². The van der Waals surface area contributed by atoms with Crippen molar-refractivity contribution in [1.82, 2.24) is 5.32 Å². The molecule has 1 fully saturated rings. The highest BCUT2D eigenvalue weighted by Gasteiger charge is 2.41. The number of carbonyl (C=O) groups excluding carboxylic acids is 1. The Balaban J connectivity index is 1.99. The van der Waals surface area contributed by atoms with Gasteiger partial charge in [-0.3, -0.25) is 4.79 Å². The largest absolute Gasteiger partial charge is 0.395 e. The van der Waals surface area contributed by atoms with Crippen LogP contribution in [0.15, 0.2) is 18.2 Å². The highest BCUT2D eigenvalue weighted by Crippen LogP contribution is 2.46. The summed E-state index contributed by atoms with van der Waals surface area (Å²) in [5.41, 5.74) is 0.542. The number of nitrogens with one attached hydrogen (secondary N) is 1. The van der Waals surface area contributed by atoms with Crippen LogP contribution in [0, 0.1) is 17.7 Å². The van der Waals surface area contributed by atoms with Crippen molar-refractivity contribution in [3.05, 3.63) is 35.1 Å². The molecule has 0 heterocycles. The molecule has 1 saturated carbocycles. The minimum Gasteiger partial charge on any atom is -0.395 e. The van der Waals surface area contributed by atoms with Crippen molar-refractivity contribution in [2.24, 2.45) is 0 Å². The highest BCUT2D eigenvalue weighted by atomic mass is 32.2. The summed E-state index contributed by atoms with van der Waals surface area (Å²) in [6.07, 6.45) is 4.57. The molecule has 1 aliphatic carbocycles. The van der Waals surface area contributed by atoms with E-state index in [0.717, 1.165) is 12.8 Å². The Morgan fingerprint density at radius 1 is 1.52 bits per heavy atom. The van der Waals surface area contributed by atoms with Crippen molar-refractivity contribution < 1.29 is 14.3 Å². The Morgan fingerprint density at radius 2 is 2.29 bits per heavy atom. The van der Waals surface area contributed by atoms with Crippen LogP contribution in [0.3, 0.4) is 0 Å². The molecule has 21 heavy (non-hydrogen) atoms. The first-order valence-electron chi connectivity index (χ1n) is 6.83. The molecule has 0 aromatic heterocycles. The molecule has 5 heteroatoms. The summed E-state index contributed by atoms with van der Waals surface area (Å²) < 4.78 is 14.0. The molecule has 1 aromatic carbocycles. The molecule has 2 rings (SSSR count). The van der Waals surface area contributed by atoms with Crippen molar-refractivity contribution in [2.75, 3.05) is 19.4 Å². The topological polar surface area (TPSA) is 49.3 Å². The Kier molecular flexibility index (Phi) is 5.27. The van der Waals surface area contributed by atoms with Crippen LogP contribution >= 0.6 is 11.8 Å². The van der Waals surface area contributed by atoms with Crippen LogP contribution in [0.4, 0.5) is 4.39 Å². The van der Waals surface area contributed by atoms with E-state index in [2.05, 4.69) is 17.2 Å². The molecule has 112 valence electrons. The van der Waals surface area contributed by atoms with E-state index in [4.69, 9.17) is 5.11 Å². The summed E-state index contributed by atoms with van der Waals surface area (Å²) in [6, 6.07) is 4.27. The second-order valence-corrected chi connectivity index (χ2v) is 6.31. The van der Waals surface area contributed by atoms with Gasteiger partial charge in [-0.25, -0.2) is 4.39 Å². The Labute approximate surface area is 128 Å². The summed E-state index contributed by atoms with van der Waals surface area (Å²) in [5.74, 6) is 4.52. The van der Waals surface area contributed by atoms with Gasteiger partial charge in [-0.1, -0.05) is 11.8 Å². The van der Waals surface area contributed by atoms with Crippen LogP contribution in [0.2, 0.25) is 0 Å². The van der Waals surface area contributed by atoms with Gasteiger partial charge in [0.15, 0.2) is 0 Å². The molecule has 0 atom stereocenters. The monoisotopic (exact) mass is 307 g/mol. The van der Waals surface area contributed by atoms with Gasteiger partial charge in [0.1, 0.15) is 5.82 Å². The van der Waals surface area contributed by atoms with Gasteiger partial charge in [-0.2, -0.15) is 11.8 Å². The number of hydrogen-bond donors (Lipinski definition) is 2. The summed E-state index contributed by atoms with van der Waals surface area (Å²) in [7, 11) is 0. The summed E-state index contributed by atoms with van der Waals surface area (Å²) in [6.45, 7) is 0.568. The van der Waals surface area contributed by atoms with Gasteiger partial charge < -0.3 is 10.4 Å². The van der Waals surface area contributed by atoms with E-state index in [1.165, 1.54) is 12.1 Å². The van der Waals surface area contributed by atoms with Crippen molar-refractivity contribution in [3.63, 3.8) is 0 Å². The van der Waals surface area contributed by atoms with E-state index in [9.17, 15) is 9.18 Å². The lowest BCUT2D eigenvalue weighted by molar-refractivity contribution is 0.0952. The van der Waals surface area contributed by atoms with Crippen LogP contribution in [0.5, 0.6) is 0 Å². The van der Waals surface area contributed by atoms with E-state index < -0.39 is 5.82 Å². The van der Waals surface area contributed by atoms with Crippen LogP contribution in [0.25, 0.3) is 0 Å². The third-order valence-electron chi connectivity index (χ3n) is 3.50. The van der Waals surface area contributed by atoms with Gasteiger partial charge in [0.2, 0.25) is 0 Å². The molecule has 0 aliphatic heterocycles. The molecule has 1 aliphatic rings. The van der Waals surface area contributed by atoms with Crippen molar-refractivity contribution in [3.8, 4) is 11.8 Å². The lowest BCUT2D eigenvalue weighted by Crippen LogP contribution is -2.31. The number of rotatable bonds is 5. The van der Waals surface area contributed by atoms with Crippen LogP contribution in [0.1, 0.15) is 35.2 Å². The molecule has 3 nitrogen and oxygen atoms in total. The van der Waals surface area contributed by atoms with Crippen LogP contribution in [-0.2, 0) is 0 Å². The summed E-state index contributed by atoms with van der Waals surface area (Å²) >= 11 is 1.76. The van der Waals surface area contributed by atoms with E-state index in [1.807, 2.05) is 6.26 Å². The van der Waals surface area contributed by atoms with Crippen molar-refractivity contribution in [2.45, 2.75) is 24.0 Å². The van der Waals surface area contributed by atoms with E-state index in [0.29, 0.717) is 18.5 Å². The third kappa shape index (κ3) is 4.23. The predicted octanol–water partition coefficient (Wildman–Crippen LogP) is 2.19. The van der Waals surface area contributed by atoms with Gasteiger partial charge in [0.25, 0.3) is 5.91 Å². The minimum atomic E-state index is -0.515. The van der Waals surface area contributed by atoms with Gasteiger partial charge in [-0.15, -0.1) is 0 Å². The second kappa shape index (κ2) is 6.97. The fourth-order valence-corrected chi connectivity index (χ4v) is 2.63. The van der Waals surface area contributed by atoms with E-state index in [-0.39, 0.29) is 22.8 Å². The van der Waals surface area contributed by atoms with Gasteiger partial charge in [0, 0.05) is 23.3 Å². The molecule has 0 bridgehead atoms. The number of thioether (sulfide) groups is 1. The minimum absolute atomic E-state index is 0.0493. The number of hydrogen-bond acceptors (Lipinski definition) is 3. The maximum atomic E-state index is 13.8. The number of aliphatic hydroxyl groups is 1. The first kappa shape index (κ1) is 15.9. The predicted molar refractivity (Wildman–Crippen MR) is 82.8 cm³/mol. The third-order valence-corrected chi connectivity index (χ3v) is 4.92. The van der Waals surface area contributed by atoms with E-state index >= 15 is 0 Å². The Morgan fingerprint density at radius 3 is 2.86 bits per heavy atom. The maximum Gasteiger partial charge on any atom is 0.251 e. The summed E-state index contributed by atoms with van der Waals surface area (Å²) in [5, 5.41) is 11.5. The molecule has 1 aromatic rings. The fourth-order valence-electron chi connectivity index (χ4n) is 1.91. The highest BCUT2D eigenvalue weighted by molar-refractivity contribution is 8.00. The number of carbonyl (C=O) groups is 1. The zero-order valence-electron chi connectivity index (χ0n) is 11.9. The van der Waals surface area contributed by atoms with Crippen molar-refractivity contribution >= 4 is 17.7 Å². The zero-order chi connectivity index (χ0) is 15.3. The first-order chi connectivity index (χ1) is 10.1. The number of halogens is 1. The van der Waals surface area contributed by atoms with E-state index in [1.54, 1.807) is 17.8 Å². The average Bonchev–Trinajstić information content (AvgIpc) is 3.27. The molecular weight excluding hydrogens is 289 g/mol. The number of aliphatic hydroxyl groups excluding tert-OH is 1. The molecule has 2 N–H and O–H groups in total. The molecular formula is C16H18FNO2S. The Bertz CT molecular complexity index is 588. The molecule has 1 amide bonds. The first-order valence-corrected chi connectivity index (χ1v) is 8.05. The molecule has 0 saturated heterocycles. The lowest BCUT2D eigenvalue weighted by atomic mass is 10.1. The molecule has 0 spiro atoms. The average molecular weight is 307 g/mol. The Hall–Kier alpha value is -1.51. The quantitative estimate of drug-likeness (QED) is 0.820. The number of benzene rings is 1. The zero-order valence-corrected chi connectivity index (χ0v) is 12.7. The van der Waals surface area contributed by atoms with Crippen molar-refractivity contribution in [1.29, 1.82) is 0 Å². The molecule has 0 radical (unpaired) electrons. The molecule has 0 unspecified atom stereocenters. The normalized spacial score (nSPS) is 15.0. The van der Waals surface area contributed by atoms with Crippen LogP contribution < -0.4 is 5.32 Å². The maximum absolute atomic E-state index is 13.8.